The highest BCUT2D eigenvalue weighted by Crippen LogP contribution is 2.36. The Kier molecular flexibility index (Phi) is 4.78. The lowest BCUT2D eigenvalue weighted by Crippen LogP contribution is -2.33. The van der Waals surface area contributed by atoms with Crippen molar-refractivity contribution in [3.63, 3.8) is 0 Å². The van der Waals surface area contributed by atoms with E-state index in [4.69, 9.17) is 15.2 Å². The summed E-state index contributed by atoms with van der Waals surface area (Å²) in [7, 11) is 3.12. The van der Waals surface area contributed by atoms with E-state index in [1.807, 2.05) is 19.9 Å². The molecule has 0 aliphatic rings. The number of methoxy groups -OCH3 is 2. The van der Waals surface area contributed by atoms with E-state index in [1.54, 1.807) is 26.4 Å². The summed E-state index contributed by atoms with van der Waals surface area (Å²) >= 11 is 0. The van der Waals surface area contributed by atoms with Gasteiger partial charge in [0, 0.05) is 11.6 Å². The molecule has 1 rings (SSSR count). The van der Waals surface area contributed by atoms with Gasteiger partial charge in [0.15, 0.2) is 11.5 Å². The van der Waals surface area contributed by atoms with Crippen LogP contribution in [0.25, 0.3) is 0 Å². The van der Waals surface area contributed by atoms with Crippen molar-refractivity contribution in [3.8, 4) is 11.5 Å². The Hall–Kier alpha value is -1.26. The quantitative estimate of drug-likeness (QED) is 0.821. The van der Waals surface area contributed by atoms with Crippen LogP contribution >= 0.6 is 0 Å². The van der Waals surface area contributed by atoms with Crippen molar-refractivity contribution >= 4 is 0 Å². The zero-order chi connectivity index (χ0) is 13.0. The zero-order valence-corrected chi connectivity index (χ0v) is 10.8. The molecule has 1 aromatic carbocycles. The molecule has 0 fully saturated rings. The van der Waals surface area contributed by atoms with Gasteiger partial charge in [-0.05, 0) is 12.0 Å². The maximum Gasteiger partial charge on any atom is 0.166 e. The van der Waals surface area contributed by atoms with Gasteiger partial charge in [-0.1, -0.05) is 26.0 Å². The third-order valence-corrected chi connectivity index (χ3v) is 2.89. The van der Waals surface area contributed by atoms with E-state index in [0.717, 1.165) is 0 Å². The largest absolute Gasteiger partial charge is 0.493 e. The first-order chi connectivity index (χ1) is 8.02. The molecule has 1 aromatic rings. The number of benzene rings is 1. The Morgan fingerprint density at radius 3 is 2.29 bits per heavy atom. The number of ether oxygens (including phenoxy) is 2. The smallest absolute Gasteiger partial charge is 0.166 e. The van der Waals surface area contributed by atoms with Crippen LogP contribution in [-0.4, -0.2) is 25.4 Å². The molecule has 0 radical (unpaired) electrons. The second kappa shape index (κ2) is 5.89. The Balaban J connectivity index is 3.12. The Morgan fingerprint density at radius 2 is 1.82 bits per heavy atom. The molecule has 0 heterocycles. The average molecular weight is 239 g/mol. The molecule has 0 amide bonds. The number of hydrogen-bond donors (Lipinski definition) is 2. The maximum absolute atomic E-state index is 10.2. The predicted molar refractivity (Wildman–Crippen MR) is 67.3 cm³/mol. The van der Waals surface area contributed by atoms with E-state index in [0.29, 0.717) is 17.1 Å². The van der Waals surface area contributed by atoms with Gasteiger partial charge in [0.25, 0.3) is 0 Å². The molecular weight excluding hydrogens is 218 g/mol. The van der Waals surface area contributed by atoms with Gasteiger partial charge >= 0.3 is 0 Å². The van der Waals surface area contributed by atoms with Crippen molar-refractivity contribution < 1.29 is 14.6 Å². The lowest BCUT2D eigenvalue weighted by Gasteiger charge is -2.24. The molecule has 0 aromatic heterocycles. The standard InChI is InChI=1S/C13H21NO3/c1-8(2)11(14)12(15)9-6-5-7-10(16-3)13(9)17-4/h5-8,11-12,15H,14H2,1-4H3. The minimum Gasteiger partial charge on any atom is -0.493 e. The molecule has 0 spiro atoms. The van der Waals surface area contributed by atoms with E-state index >= 15 is 0 Å². The van der Waals surface area contributed by atoms with Gasteiger partial charge in [-0.3, -0.25) is 0 Å². The molecule has 4 heteroatoms. The first-order valence-electron chi connectivity index (χ1n) is 5.67. The Bertz CT molecular complexity index is 366. The number of rotatable bonds is 5. The van der Waals surface area contributed by atoms with Crippen LogP contribution in [-0.2, 0) is 0 Å². The molecule has 0 saturated heterocycles. The molecule has 4 nitrogen and oxygen atoms in total. The molecule has 0 aliphatic heterocycles. The van der Waals surface area contributed by atoms with Crippen LogP contribution in [0, 0.1) is 5.92 Å². The van der Waals surface area contributed by atoms with E-state index in [-0.39, 0.29) is 12.0 Å². The van der Waals surface area contributed by atoms with Gasteiger partial charge in [-0.15, -0.1) is 0 Å². The van der Waals surface area contributed by atoms with Gasteiger partial charge in [-0.2, -0.15) is 0 Å². The van der Waals surface area contributed by atoms with Crippen molar-refractivity contribution in [1.29, 1.82) is 0 Å². The zero-order valence-electron chi connectivity index (χ0n) is 10.8. The number of hydrogen-bond acceptors (Lipinski definition) is 4. The lowest BCUT2D eigenvalue weighted by atomic mass is 9.93. The van der Waals surface area contributed by atoms with E-state index < -0.39 is 6.10 Å². The third-order valence-electron chi connectivity index (χ3n) is 2.89. The van der Waals surface area contributed by atoms with E-state index in [2.05, 4.69) is 0 Å². The fraction of sp³-hybridized carbons (Fsp3) is 0.538. The van der Waals surface area contributed by atoms with E-state index in [1.165, 1.54) is 0 Å². The minimum atomic E-state index is -0.764. The fourth-order valence-electron chi connectivity index (χ4n) is 1.72. The van der Waals surface area contributed by atoms with Crippen LogP contribution < -0.4 is 15.2 Å². The first-order valence-corrected chi connectivity index (χ1v) is 5.67. The van der Waals surface area contributed by atoms with Crippen molar-refractivity contribution in [2.75, 3.05) is 14.2 Å². The van der Waals surface area contributed by atoms with Crippen LogP contribution in [0.3, 0.4) is 0 Å². The number of aliphatic hydroxyl groups excluding tert-OH is 1. The highest BCUT2D eigenvalue weighted by molar-refractivity contribution is 5.48. The van der Waals surface area contributed by atoms with Crippen LogP contribution in [0.15, 0.2) is 18.2 Å². The summed E-state index contributed by atoms with van der Waals surface area (Å²) in [6.07, 6.45) is -0.764. The van der Waals surface area contributed by atoms with Crippen LogP contribution in [0.2, 0.25) is 0 Å². The van der Waals surface area contributed by atoms with Gasteiger partial charge in [0.05, 0.1) is 20.3 Å². The second-order valence-corrected chi connectivity index (χ2v) is 4.35. The topological polar surface area (TPSA) is 64.7 Å². The van der Waals surface area contributed by atoms with Gasteiger partial charge < -0.3 is 20.3 Å². The van der Waals surface area contributed by atoms with Crippen LogP contribution in [0.5, 0.6) is 11.5 Å². The van der Waals surface area contributed by atoms with Crippen molar-refractivity contribution in [3.05, 3.63) is 23.8 Å². The third kappa shape index (κ3) is 2.90. The molecule has 2 atom stereocenters. The summed E-state index contributed by atoms with van der Waals surface area (Å²) in [5.74, 6) is 1.32. The second-order valence-electron chi connectivity index (χ2n) is 4.35. The van der Waals surface area contributed by atoms with Gasteiger partial charge in [-0.25, -0.2) is 0 Å². The predicted octanol–water partition coefficient (Wildman–Crippen LogP) is 1.72. The Labute approximate surface area is 102 Å². The number of nitrogens with two attached hydrogens (primary N) is 1. The molecule has 0 bridgehead atoms. The van der Waals surface area contributed by atoms with E-state index in [9.17, 15) is 5.11 Å². The summed E-state index contributed by atoms with van der Waals surface area (Å²) in [4.78, 5) is 0. The summed E-state index contributed by atoms with van der Waals surface area (Å²) in [5.41, 5.74) is 6.62. The van der Waals surface area contributed by atoms with Crippen molar-refractivity contribution in [1.82, 2.24) is 0 Å². The van der Waals surface area contributed by atoms with Gasteiger partial charge in [0.2, 0.25) is 0 Å². The maximum atomic E-state index is 10.2. The molecular formula is C13H21NO3. The molecule has 96 valence electrons. The average Bonchev–Trinajstić information content (AvgIpc) is 2.35. The highest BCUT2D eigenvalue weighted by atomic mass is 16.5. The molecule has 3 N–H and O–H groups in total. The SMILES string of the molecule is COc1cccc(C(O)C(N)C(C)C)c1OC. The number of para-hydroxylation sites is 1. The van der Waals surface area contributed by atoms with Crippen LogP contribution in [0.4, 0.5) is 0 Å². The fourth-order valence-corrected chi connectivity index (χ4v) is 1.72. The van der Waals surface area contributed by atoms with Gasteiger partial charge in [0.1, 0.15) is 0 Å². The molecule has 0 saturated carbocycles. The molecule has 0 aliphatic carbocycles. The monoisotopic (exact) mass is 239 g/mol. The first kappa shape index (κ1) is 13.8. The summed E-state index contributed by atoms with van der Waals surface area (Å²) < 4.78 is 10.5. The normalized spacial score (nSPS) is 14.5. The minimum absolute atomic E-state index is 0.181. The molecule has 2 unspecified atom stereocenters. The number of aliphatic hydroxyl groups is 1. The Morgan fingerprint density at radius 1 is 1.18 bits per heavy atom. The molecule has 17 heavy (non-hydrogen) atoms. The summed E-state index contributed by atoms with van der Waals surface area (Å²) in [5, 5.41) is 10.2. The van der Waals surface area contributed by atoms with Crippen molar-refractivity contribution in [2.45, 2.75) is 26.0 Å². The summed E-state index contributed by atoms with van der Waals surface area (Å²) in [6.45, 7) is 3.95. The summed E-state index contributed by atoms with van der Waals surface area (Å²) in [6, 6.07) is 5.06. The lowest BCUT2D eigenvalue weighted by molar-refractivity contribution is 0.122. The highest BCUT2D eigenvalue weighted by Gasteiger charge is 2.24. The van der Waals surface area contributed by atoms with Crippen LogP contribution in [0.1, 0.15) is 25.5 Å². The van der Waals surface area contributed by atoms with Crippen molar-refractivity contribution in [2.24, 2.45) is 11.7 Å².